The third-order valence-electron chi connectivity index (χ3n) is 4.19. The van der Waals surface area contributed by atoms with Gasteiger partial charge < -0.3 is 10.0 Å². The first-order chi connectivity index (χ1) is 11.0. The lowest BCUT2D eigenvalue weighted by Gasteiger charge is -2.32. The highest BCUT2D eigenvalue weighted by Crippen LogP contribution is 2.27. The number of piperidine rings is 1. The summed E-state index contributed by atoms with van der Waals surface area (Å²) in [6.07, 6.45) is 2.95. The normalized spacial score (nSPS) is 15.8. The van der Waals surface area contributed by atoms with Crippen LogP contribution in [0.2, 0.25) is 0 Å². The minimum atomic E-state index is -0.954. The second kappa shape index (κ2) is 6.45. The maximum absolute atomic E-state index is 12.4. The largest absolute Gasteiger partial charge is 0.478 e. The molecule has 0 aliphatic carbocycles. The van der Waals surface area contributed by atoms with Crippen molar-refractivity contribution in [3.63, 3.8) is 0 Å². The number of hydrogen-bond acceptors (Lipinski definition) is 4. The Balaban J connectivity index is 1.67. The van der Waals surface area contributed by atoms with Gasteiger partial charge in [0.25, 0.3) is 5.91 Å². The monoisotopic (exact) mass is 397 g/mol. The summed E-state index contributed by atoms with van der Waals surface area (Å²) in [5.74, 6) is -0.904. The third-order valence-corrected chi connectivity index (χ3v) is 5.69. The fraction of sp³-hybridized carbons (Fsp3) is 0.400. The molecule has 0 aromatic carbocycles. The predicted octanol–water partition coefficient (Wildman–Crippen LogP) is 3.19. The number of thiophene rings is 1. The van der Waals surface area contributed by atoms with Gasteiger partial charge in [-0.05, 0) is 41.8 Å². The summed E-state index contributed by atoms with van der Waals surface area (Å²) in [5, 5.41) is 15.2. The van der Waals surface area contributed by atoms with Crippen molar-refractivity contribution >= 4 is 39.1 Å². The molecule has 2 aromatic rings. The Morgan fingerprint density at radius 3 is 2.61 bits per heavy atom. The Morgan fingerprint density at radius 1 is 1.39 bits per heavy atom. The second-order valence-electron chi connectivity index (χ2n) is 5.56. The van der Waals surface area contributed by atoms with Crippen molar-refractivity contribution in [3.05, 3.63) is 38.3 Å². The van der Waals surface area contributed by atoms with E-state index in [0.29, 0.717) is 24.3 Å². The molecule has 0 spiro atoms. The number of aromatic nitrogens is 2. The van der Waals surface area contributed by atoms with Crippen molar-refractivity contribution in [2.24, 2.45) is 0 Å². The molecule has 23 heavy (non-hydrogen) atoms. The second-order valence-corrected chi connectivity index (χ2v) is 7.85. The lowest BCUT2D eigenvalue weighted by atomic mass is 10.0. The Kier molecular flexibility index (Phi) is 4.54. The number of likely N-dealkylation sites (tertiary alicyclic amines) is 1. The molecule has 1 saturated heterocycles. The number of carboxylic acids is 1. The topological polar surface area (TPSA) is 75.4 Å². The zero-order valence-electron chi connectivity index (χ0n) is 12.5. The first-order valence-corrected chi connectivity index (χ1v) is 8.95. The molecular formula is C15H16BrN3O3S. The third kappa shape index (κ3) is 3.18. The molecule has 1 N–H and O–H groups in total. The number of carbonyl (C=O) groups excluding carboxylic acids is 1. The number of carbonyl (C=O) groups is 2. The Labute approximate surface area is 145 Å². The fourth-order valence-electron chi connectivity index (χ4n) is 2.92. The number of halogens is 1. The van der Waals surface area contributed by atoms with E-state index in [4.69, 9.17) is 5.11 Å². The van der Waals surface area contributed by atoms with Gasteiger partial charge in [-0.15, -0.1) is 11.3 Å². The van der Waals surface area contributed by atoms with E-state index in [2.05, 4.69) is 21.0 Å². The van der Waals surface area contributed by atoms with Crippen molar-refractivity contribution in [2.75, 3.05) is 13.1 Å². The van der Waals surface area contributed by atoms with Crippen LogP contribution in [0.15, 0.2) is 21.4 Å². The van der Waals surface area contributed by atoms with Crippen LogP contribution in [0.1, 0.15) is 45.3 Å². The highest BCUT2D eigenvalue weighted by molar-refractivity contribution is 9.11. The van der Waals surface area contributed by atoms with E-state index in [1.807, 2.05) is 16.3 Å². The zero-order valence-corrected chi connectivity index (χ0v) is 14.9. The number of hydrogen-bond donors (Lipinski definition) is 1. The molecule has 1 aliphatic heterocycles. The summed E-state index contributed by atoms with van der Waals surface area (Å²) >= 11 is 4.88. The van der Waals surface area contributed by atoms with Crippen molar-refractivity contribution in [1.29, 1.82) is 0 Å². The van der Waals surface area contributed by atoms with Crippen LogP contribution in [0.5, 0.6) is 0 Å². The molecule has 0 radical (unpaired) electrons. The zero-order chi connectivity index (χ0) is 16.6. The molecule has 1 aliphatic rings. The quantitative estimate of drug-likeness (QED) is 0.862. The summed E-state index contributed by atoms with van der Waals surface area (Å²) < 4.78 is 2.73. The lowest BCUT2D eigenvalue weighted by molar-refractivity contribution is 0.0688. The van der Waals surface area contributed by atoms with Crippen LogP contribution in [-0.4, -0.2) is 44.8 Å². The van der Waals surface area contributed by atoms with Gasteiger partial charge in [0, 0.05) is 18.5 Å². The van der Waals surface area contributed by atoms with E-state index in [0.717, 1.165) is 16.6 Å². The Hall–Kier alpha value is -1.67. The van der Waals surface area contributed by atoms with Crippen LogP contribution >= 0.6 is 27.3 Å². The van der Waals surface area contributed by atoms with Crippen molar-refractivity contribution in [3.8, 4) is 0 Å². The Morgan fingerprint density at radius 2 is 2.09 bits per heavy atom. The van der Waals surface area contributed by atoms with Crippen LogP contribution in [0, 0.1) is 6.92 Å². The molecule has 3 rings (SSSR count). The minimum absolute atomic E-state index is 0.0498. The van der Waals surface area contributed by atoms with Gasteiger partial charge in [-0.25, -0.2) is 4.79 Å². The van der Waals surface area contributed by atoms with E-state index >= 15 is 0 Å². The van der Waals surface area contributed by atoms with Gasteiger partial charge >= 0.3 is 5.97 Å². The summed E-state index contributed by atoms with van der Waals surface area (Å²) in [4.78, 5) is 25.4. The molecule has 3 heterocycles. The highest BCUT2D eigenvalue weighted by Gasteiger charge is 2.27. The number of rotatable bonds is 3. The standard InChI is InChI=1S/C15H16BrN3O3S/c1-9-12(15(21)22)7-17-19(9)11-2-4-18(5-3-11)14(20)10-6-13(16)23-8-10/h6-8,11H,2-5H2,1H3,(H,21,22). The molecule has 122 valence electrons. The maximum atomic E-state index is 12.4. The van der Waals surface area contributed by atoms with Gasteiger partial charge in [-0.1, -0.05) is 0 Å². The van der Waals surface area contributed by atoms with E-state index in [1.54, 1.807) is 11.6 Å². The number of carboxylic acid groups (broad SMARTS) is 1. The summed E-state index contributed by atoms with van der Waals surface area (Å²) in [6, 6.07) is 1.98. The highest BCUT2D eigenvalue weighted by atomic mass is 79.9. The molecule has 8 heteroatoms. The van der Waals surface area contributed by atoms with E-state index in [-0.39, 0.29) is 17.5 Å². The summed E-state index contributed by atoms with van der Waals surface area (Å²) in [5.41, 5.74) is 1.62. The van der Waals surface area contributed by atoms with Gasteiger partial charge in [0.05, 0.1) is 27.3 Å². The van der Waals surface area contributed by atoms with Crippen LogP contribution < -0.4 is 0 Å². The van der Waals surface area contributed by atoms with Crippen molar-refractivity contribution in [1.82, 2.24) is 14.7 Å². The average Bonchev–Trinajstić information content (AvgIpc) is 3.13. The number of aromatic carboxylic acids is 1. The summed E-state index contributed by atoms with van der Waals surface area (Å²) in [6.45, 7) is 3.08. The predicted molar refractivity (Wildman–Crippen MR) is 90.1 cm³/mol. The van der Waals surface area contributed by atoms with Crippen LogP contribution in [0.4, 0.5) is 0 Å². The average molecular weight is 398 g/mol. The van der Waals surface area contributed by atoms with Crippen LogP contribution in [-0.2, 0) is 0 Å². The SMILES string of the molecule is Cc1c(C(=O)O)cnn1C1CCN(C(=O)c2csc(Br)c2)CC1. The van der Waals surface area contributed by atoms with Gasteiger partial charge in [0.1, 0.15) is 5.56 Å². The summed E-state index contributed by atoms with van der Waals surface area (Å²) in [7, 11) is 0. The first kappa shape index (κ1) is 16.2. The smallest absolute Gasteiger partial charge is 0.339 e. The molecule has 2 aromatic heterocycles. The fourth-order valence-corrected chi connectivity index (χ4v) is 4.05. The molecule has 0 saturated carbocycles. The van der Waals surface area contributed by atoms with Crippen molar-refractivity contribution < 1.29 is 14.7 Å². The molecule has 0 bridgehead atoms. The molecule has 0 atom stereocenters. The lowest BCUT2D eigenvalue weighted by Crippen LogP contribution is -2.39. The van der Waals surface area contributed by atoms with Crippen molar-refractivity contribution in [2.45, 2.75) is 25.8 Å². The molecule has 1 fully saturated rings. The van der Waals surface area contributed by atoms with E-state index < -0.39 is 5.97 Å². The van der Waals surface area contributed by atoms with Gasteiger partial charge in [-0.3, -0.25) is 9.48 Å². The van der Waals surface area contributed by atoms with E-state index in [1.165, 1.54) is 17.5 Å². The van der Waals surface area contributed by atoms with E-state index in [9.17, 15) is 9.59 Å². The number of nitrogens with zero attached hydrogens (tertiary/aromatic N) is 3. The minimum Gasteiger partial charge on any atom is -0.478 e. The van der Waals surface area contributed by atoms with Gasteiger partial charge in [-0.2, -0.15) is 5.10 Å². The molecule has 0 unspecified atom stereocenters. The maximum Gasteiger partial charge on any atom is 0.339 e. The molecule has 6 nitrogen and oxygen atoms in total. The van der Waals surface area contributed by atoms with Crippen LogP contribution in [0.25, 0.3) is 0 Å². The molecule has 1 amide bonds. The Bertz CT molecular complexity index is 747. The molecular weight excluding hydrogens is 382 g/mol. The van der Waals surface area contributed by atoms with Crippen LogP contribution in [0.3, 0.4) is 0 Å². The first-order valence-electron chi connectivity index (χ1n) is 7.28. The number of amides is 1. The van der Waals surface area contributed by atoms with Gasteiger partial charge in [0.15, 0.2) is 0 Å². The van der Waals surface area contributed by atoms with Gasteiger partial charge in [0.2, 0.25) is 0 Å².